The largest absolute Gasteiger partial charge is 0.421 e. The Morgan fingerprint density at radius 1 is 1.26 bits per heavy atom. The van der Waals surface area contributed by atoms with Crippen molar-refractivity contribution in [3.63, 3.8) is 0 Å². The second kappa shape index (κ2) is 6.37. The molecule has 9 nitrogen and oxygen atoms in total. The molecule has 0 unspecified atom stereocenters. The van der Waals surface area contributed by atoms with Crippen LogP contribution in [0.4, 0.5) is 8.78 Å². The average Bonchev–Trinajstić information content (AvgIpc) is 3.27. The van der Waals surface area contributed by atoms with Crippen molar-refractivity contribution in [3.8, 4) is 0 Å². The molecule has 1 fully saturated rings. The summed E-state index contributed by atoms with van der Waals surface area (Å²) in [5.41, 5.74) is -2.84. The van der Waals surface area contributed by atoms with Crippen molar-refractivity contribution >= 4 is 43.2 Å². The molecule has 4 aromatic rings. The minimum absolute atomic E-state index is 0.0237. The van der Waals surface area contributed by atoms with E-state index < -0.39 is 59.8 Å². The lowest BCUT2D eigenvalue weighted by molar-refractivity contribution is 0.162. The quantitative estimate of drug-likeness (QED) is 0.444. The van der Waals surface area contributed by atoms with Crippen LogP contribution in [0.1, 0.15) is 12.5 Å². The smallest absolute Gasteiger partial charge is 0.362 e. The molecule has 5 rings (SSSR count). The van der Waals surface area contributed by atoms with Crippen LogP contribution in [0.15, 0.2) is 49.8 Å². The van der Waals surface area contributed by atoms with Gasteiger partial charge in [-0.1, -0.05) is 16.3 Å². The normalized spacial score (nSPS) is 18.7. The number of hydrogen-bond acceptors (Lipinski definition) is 6. The molecule has 160 valence electrons. The molecule has 0 spiro atoms. The number of sulfone groups is 1. The van der Waals surface area contributed by atoms with Gasteiger partial charge in [-0.25, -0.2) is 22.0 Å². The van der Waals surface area contributed by atoms with Gasteiger partial charge in [0.1, 0.15) is 12.0 Å². The Labute approximate surface area is 176 Å². The molecule has 13 heteroatoms. The van der Waals surface area contributed by atoms with Crippen LogP contribution in [0.2, 0.25) is 5.02 Å². The average molecular weight is 469 g/mol. The molecule has 2 atom stereocenters. The number of aromatic amines is 1. The molecule has 0 amide bonds. The molecule has 2 heterocycles. The second-order valence-electron chi connectivity index (χ2n) is 7.09. The second-order valence-corrected chi connectivity index (χ2v) is 9.42. The first kappa shape index (κ1) is 19.7. The molecule has 1 aliphatic rings. The van der Waals surface area contributed by atoms with Gasteiger partial charge < -0.3 is 10.2 Å². The lowest BCUT2D eigenvalue weighted by Gasteiger charge is -2.10. The molecular formula is C18H11ClF2N4O5S. The summed E-state index contributed by atoms with van der Waals surface area (Å²) in [7, 11) is -4.49. The Balaban J connectivity index is 1.80. The zero-order chi connectivity index (χ0) is 22.2. The predicted molar refractivity (Wildman–Crippen MR) is 105 cm³/mol. The van der Waals surface area contributed by atoms with Gasteiger partial charge in [-0.3, -0.25) is 9.48 Å². The van der Waals surface area contributed by atoms with Gasteiger partial charge >= 0.3 is 5.69 Å². The molecule has 31 heavy (non-hydrogen) atoms. The van der Waals surface area contributed by atoms with Crippen LogP contribution < -0.4 is 11.2 Å². The molecule has 0 saturated heterocycles. The van der Waals surface area contributed by atoms with E-state index in [1.54, 1.807) is 0 Å². The van der Waals surface area contributed by atoms with Crippen LogP contribution >= 0.6 is 11.6 Å². The number of nitrogens with one attached hydrogen (secondary N) is 1. The summed E-state index contributed by atoms with van der Waals surface area (Å²) in [6, 6.07) is 3.47. The number of benzene rings is 2. The number of alkyl halides is 1. The Kier molecular flexibility index (Phi) is 4.05. The van der Waals surface area contributed by atoms with Crippen LogP contribution in [-0.4, -0.2) is 39.3 Å². The standard InChI is InChI=1S/C18H11ClF2N4O5S/c19-9-1-2-14(16-15(9)17(26)25(28)18(27)23-16)31(29,30)7-3-10(20)8-6-22-24(12(8)4-7)13-5-11(13)21/h1-4,6,11,13,28H,5H2,(H,23,27)/t11-,13-/m1/s1. The van der Waals surface area contributed by atoms with Gasteiger partial charge in [0.15, 0.2) is 0 Å². The van der Waals surface area contributed by atoms with E-state index in [4.69, 9.17) is 11.6 Å². The van der Waals surface area contributed by atoms with E-state index in [1.165, 1.54) is 10.9 Å². The topological polar surface area (TPSA) is 127 Å². The minimum Gasteiger partial charge on any atom is -0.421 e. The maximum absolute atomic E-state index is 14.7. The van der Waals surface area contributed by atoms with Crippen molar-refractivity contribution < 1.29 is 22.4 Å². The first-order valence-electron chi connectivity index (χ1n) is 8.84. The predicted octanol–water partition coefficient (Wildman–Crippen LogP) is 2.19. The lowest BCUT2D eigenvalue weighted by Crippen LogP contribution is -2.33. The summed E-state index contributed by atoms with van der Waals surface area (Å²) in [6.07, 6.45) is 0.217. The van der Waals surface area contributed by atoms with Gasteiger partial charge in [0.25, 0.3) is 5.56 Å². The number of aromatic nitrogens is 4. The Bertz CT molecular complexity index is 1640. The Morgan fingerprint density at radius 3 is 2.65 bits per heavy atom. The van der Waals surface area contributed by atoms with Crippen molar-refractivity contribution in [3.05, 3.63) is 62.1 Å². The zero-order valence-electron chi connectivity index (χ0n) is 15.2. The summed E-state index contributed by atoms with van der Waals surface area (Å²) >= 11 is 5.97. The molecule has 1 saturated carbocycles. The third kappa shape index (κ3) is 2.78. The number of fused-ring (bicyclic) bond motifs is 2. The summed E-state index contributed by atoms with van der Waals surface area (Å²) in [4.78, 5) is 25.2. The van der Waals surface area contributed by atoms with Gasteiger partial charge in [-0.05, 0) is 24.3 Å². The van der Waals surface area contributed by atoms with E-state index >= 15 is 0 Å². The third-order valence-electron chi connectivity index (χ3n) is 5.18. The highest BCUT2D eigenvalue weighted by Crippen LogP contribution is 2.41. The lowest BCUT2D eigenvalue weighted by atomic mass is 10.2. The summed E-state index contributed by atoms with van der Waals surface area (Å²) in [5.74, 6) is -0.886. The van der Waals surface area contributed by atoms with E-state index in [-0.39, 0.29) is 27.1 Å². The molecule has 0 bridgehead atoms. The summed E-state index contributed by atoms with van der Waals surface area (Å²) in [5, 5.41) is 12.9. The van der Waals surface area contributed by atoms with Crippen molar-refractivity contribution in [2.75, 3.05) is 0 Å². The number of rotatable bonds is 3. The van der Waals surface area contributed by atoms with Gasteiger partial charge in [-0.15, -0.1) is 0 Å². The number of H-pyrrole nitrogens is 1. The SMILES string of the molecule is O=c1[nH]c2c(S(=O)(=O)c3cc(F)c4cnn([C@@H]5C[C@H]5F)c4c3)ccc(Cl)c2c(=O)n1O. The Morgan fingerprint density at radius 2 is 1.97 bits per heavy atom. The van der Waals surface area contributed by atoms with Crippen molar-refractivity contribution in [1.29, 1.82) is 0 Å². The van der Waals surface area contributed by atoms with Crippen LogP contribution in [0.3, 0.4) is 0 Å². The van der Waals surface area contributed by atoms with Crippen LogP contribution in [0.5, 0.6) is 0 Å². The highest BCUT2D eigenvalue weighted by Gasteiger charge is 2.41. The van der Waals surface area contributed by atoms with Gasteiger partial charge in [0.2, 0.25) is 9.84 Å². The van der Waals surface area contributed by atoms with Gasteiger partial charge in [-0.2, -0.15) is 5.10 Å². The summed E-state index contributed by atoms with van der Waals surface area (Å²) in [6.45, 7) is 0. The first-order chi connectivity index (χ1) is 14.6. The van der Waals surface area contributed by atoms with E-state index in [0.29, 0.717) is 0 Å². The highest BCUT2D eigenvalue weighted by molar-refractivity contribution is 7.91. The van der Waals surface area contributed by atoms with E-state index in [0.717, 1.165) is 24.3 Å². The zero-order valence-corrected chi connectivity index (χ0v) is 16.8. The van der Waals surface area contributed by atoms with Crippen LogP contribution in [0.25, 0.3) is 21.8 Å². The molecule has 2 aromatic heterocycles. The fourth-order valence-corrected chi connectivity index (χ4v) is 5.19. The van der Waals surface area contributed by atoms with Gasteiger partial charge in [0, 0.05) is 6.42 Å². The van der Waals surface area contributed by atoms with E-state index in [1.807, 2.05) is 0 Å². The van der Waals surface area contributed by atoms with Gasteiger partial charge in [0.05, 0.1) is 48.9 Å². The molecule has 2 aromatic carbocycles. The molecule has 2 N–H and O–H groups in total. The maximum atomic E-state index is 14.7. The molecular weight excluding hydrogens is 458 g/mol. The van der Waals surface area contributed by atoms with Crippen molar-refractivity contribution in [1.82, 2.24) is 19.5 Å². The minimum atomic E-state index is -4.49. The monoisotopic (exact) mass is 468 g/mol. The number of hydrogen-bond donors (Lipinski definition) is 2. The molecule has 1 aliphatic carbocycles. The number of halogens is 3. The van der Waals surface area contributed by atoms with Crippen molar-refractivity contribution in [2.45, 2.75) is 28.4 Å². The van der Waals surface area contributed by atoms with Crippen LogP contribution in [0, 0.1) is 5.82 Å². The third-order valence-corrected chi connectivity index (χ3v) is 7.27. The van der Waals surface area contributed by atoms with E-state index in [9.17, 15) is 32.0 Å². The fraction of sp³-hybridized carbons (Fsp3) is 0.167. The molecule has 0 radical (unpaired) electrons. The highest BCUT2D eigenvalue weighted by atomic mass is 35.5. The summed E-state index contributed by atoms with van der Waals surface area (Å²) < 4.78 is 55.9. The fourth-order valence-electron chi connectivity index (χ4n) is 3.50. The Hall–Kier alpha value is -3.25. The molecule has 0 aliphatic heterocycles. The van der Waals surface area contributed by atoms with Crippen LogP contribution in [-0.2, 0) is 9.84 Å². The first-order valence-corrected chi connectivity index (χ1v) is 10.7. The maximum Gasteiger partial charge on any atom is 0.362 e. The van der Waals surface area contributed by atoms with E-state index in [2.05, 4.69) is 10.1 Å². The van der Waals surface area contributed by atoms with Crippen molar-refractivity contribution in [2.24, 2.45) is 0 Å². The number of nitrogens with zero attached hydrogens (tertiary/aromatic N) is 3.